The van der Waals surface area contributed by atoms with Gasteiger partial charge in [0.1, 0.15) is 0 Å². The maximum atomic E-state index is 12.3. The third-order valence-electron chi connectivity index (χ3n) is 3.09. The maximum absolute atomic E-state index is 12.3. The molecule has 25 heavy (non-hydrogen) atoms. The van der Waals surface area contributed by atoms with Gasteiger partial charge in [0, 0.05) is 0 Å². The number of benzene rings is 2. The molecule has 0 bridgehead atoms. The van der Waals surface area contributed by atoms with Crippen LogP contribution in [0.3, 0.4) is 0 Å². The van der Waals surface area contributed by atoms with Gasteiger partial charge in [-0.05, 0) is 0 Å². The van der Waals surface area contributed by atoms with E-state index in [0.717, 1.165) is 16.2 Å². The van der Waals surface area contributed by atoms with Gasteiger partial charge in [0.2, 0.25) is 0 Å². The van der Waals surface area contributed by atoms with Crippen molar-refractivity contribution in [3.63, 3.8) is 0 Å². The zero-order valence-electron chi connectivity index (χ0n) is 13.7. The third kappa shape index (κ3) is 5.55. The van der Waals surface area contributed by atoms with Gasteiger partial charge in [-0.1, -0.05) is 0 Å². The molecule has 0 aliphatic carbocycles. The monoisotopic (exact) mass is 584 g/mol. The molecule has 2 aromatic rings. The second kappa shape index (κ2) is 9.72. The molecule has 7 heteroatoms. The first-order valence-corrected chi connectivity index (χ1v) is 11.5. The minimum atomic E-state index is -0.990. The molecule has 2 aromatic carbocycles. The molecule has 0 atom stereocenters. The van der Waals surface area contributed by atoms with Crippen LogP contribution in [0.25, 0.3) is 0 Å². The van der Waals surface area contributed by atoms with Gasteiger partial charge < -0.3 is 0 Å². The quantitative estimate of drug-likeness (QED) is 0.387. The number of ether oxygens (including phenoxy) is 2. The Morgan fingerprint density at radius 3 is 1.60 bits per heavy atom. The Kier molecular flexibility index (Phi) is 7.95. The summed E-state index contributed by atoms with van der Waals surface area (Å²) in [6, 6.07) is 11.1. The predicted octanol–water partition coefficient (Wildman–Crippen LogP) is 3.22. The first-order chi connectivity index (χ1) is 12.0. The van der Waals surface area contributed by atoms with Crippen LogP contribution in [-0.2, 0) is 9.47 Å². The van der Waals surface area contributed by atoms with Crippen molar-refractivity contribution < 1.29 is 19.1 Å². The summed E-state index contributed by atoms with van der Waals surface area (Å²) in [7, 11) is 0. The van der Waals surface area contributed by atoms with Crippen molar-refractivity contribution in [2.75, 3.05) is 13.2 Å². The second-order valence-corrected chi connectivity index (χ2v) is 9.75. The van der Waals surface area contributed by atoms with E-state index in [1.54, 1.807) is 26.0 Å². The van der Waals surface area contributed by atoms with Gasteiger partial charge in [-0.2, -0.15) is 0 Å². The van der Waals surface area contributed by atoms with Crippen molar-refractivity contribution in [3.8, 4) is 0 Å². The van der Waals surface area contributed by atoms with Crippen LogP contribution < -0.4 is 7.22 Å². The summed E-state index contributed by atoms with van der Waals surface area (Å²) in [6.07, 6.45) is 0. The molecule has 0 heterocycles. The number of hydrogen-bond donors (Lipinski definition) is 0. The molecule has 0 amide bonds. The van der Waals surface area contributed by atoms with Crippen LogP contribution in [0.15, 0.2) is 45.3 Å². The van der Waals surface area contributed by atoms with E-state index >= 15 is 0 Å². The van der Waals surface area contributed by atoms with E-state index in [4.69, 9.17) is 9.47 Å². The SMILES string of the molecule is CCOC(=O)c1cc(Br)ccc1[Te]c1ccc(Br)cc1C(=O)OCC. The molecule has 0 saturated heterocycles. The molecule has 0 saturated carbocycles. The molecule has 2 rings (SSSR count). The van der Waals surface area contributed by atoms with Gasteiger partial charge in [-0.25, -0.2) is 0 Å². The Balaban J connectivity index is 2.43. The van der Waals surface area contributed by atoms with Gasteiger partial charge >= 0.3 is 175 Å². The van der Waals surface area contributed by atoms with Crippen molar-refractivity contribution in [2.24, 2.45) is 0 Å². The third-order valence-corrected chi connectivity index (χ3v) is 7.37. The number of halogens is 2. The second-order valence-electron chi connectivity index (χ2n) is 4.82. The zero-order chi connectivity index (χ0) is 18.4. The number of rotatable bonds is 6. The molecule has 132 valence electrons. The summed E-state index contributed by atoms with van der Waals surface area (Å²) in [5, 5.41) is 0. The van der Waals surface area contributed by atoms with Crippen LogP contribution in [-0.4, -0.2) is 46.1 Å². The molecule has 0 radical (unpaired) electrons. The van der Waals surface area contributed by atoms with Crippen LogP contribution in [0.5, 0.6) is 0 Å². The summed E-state index contributed by atoms with van der Waals surface area (Å²) in [5.41, 5.74) is 1.08. The predicted molar refractivity (Wildman–Crippen MR) is 105 cm³/mol. The van der Waals surface area contributed by atoms with Gasteiger partial charge in [0.25, 0.3) is 0 Å². The average molecular weight is 584 g/mol. The Morgan fingerprint density at radius 1 is 0.840 bits per heavy atom. The molecule has 0 spiro atoms. The van der Waals surface area contributed by atoms with Crippen LogP contribution >= 0.6 is 31.9 Å². The average Bonchev–Trinajstić information content (AvgIpc) is 2.58. The molecule has 0 N–H and O–H groups in total. The summed E-state index contributed by atoms with van der Waals surface area (Å²) < 4.78 is 13.8. The number of esters is 2. The fourth-order valence-electron chi connectivity index (χ4n) is 2.04. The first-order valence-electron chi connectivity index (χ1n) is 7.57. The molecule has 0 aliphatic heterocycles. The van der Waals surface area contributed by atoms with Crippen LogP contribution in [0, 0.1) is 0 Å². The minimum absolute atomic E-state index is 0.317. The van der Waals surface area contributed by atoms with E-state index in [0.29, 0.717) is 24.3 Å². The fourth-order valence-corrected chi connectivity index (χ4v) is 5.65. The van der Waals surface area contributed by atoms with E-state index in [-0.39, 0.29) is 11.9 Å². The van der Waals surface area contributed by atoms with Crippen molar-refractivity contribution in [3.05, 3.63) is 56.5 Å². The molecular weight excluding hydrogens is 568 g/mol. The van der Waals surface area contributed by atoms with Gasteiger partial charge in [0.05, 0.1) is 0 Å². The number of hydrogen-bond acceptors (Lipinski definition) is 4. The van der Waals surface area contributed by atoms with Crippen LogP contribution in [0.2, 0.25) is 0 Å². The summed E-state index contributed by atoms with van der Waals surface area (Å²) in [6.45, 7) is 4.19. The Morgan fingerprint density at radius 2 is 1.24 bits per heavy atom. The Labute approximate surface area is 173 Å². The summed E-state index contributed by atoms with van der Waals surface area (Å²) in [4.78, 5) is 24.5. The number of carbonyl (C=O) groups excluding carboxylic acids is 2. The van der Waals surface area contributed by atoms with Gasteiger partial charge in [0.15, 0.2) is 0 Å². The van der Waals surface area contributed by atoms with E-state index < -0.39 is 20.9 Å². The van der Waals surface area contributed by atoms with Crippen LogP contribution in [0.1, 0.15) is 34.6 Å². The standard InChI is InChI=1S/C18H16Br2O4Te/c1-3-23-17(21)13-9-11(19)5-7-15(13)25-16-8-6-12(20)10-14(16)18(22)24-4-2/h5-10H,3-4H2,1-2H3. The first kappa shape index (κ1) is 20.4. The molecular formula is C18H16Br2O4Te. The summed E-state index contributed by atoms with van der Waals surface area (Å²) in [5.74, 6) is -0.697. The van der Waals surface area contributed by atoms with Gasteiger partial charge in [-0.15, -0.1) is 0 Å². The van der Waals surface area contributed by atoms with Gasteiger partial charge in [-0.3, -0.25) is 0 Å². The normalized spacial score (nSPS) is 10.4. The van der Waals surface area contributed by atoms with E-state index in [1.165, 1.54) is 0 Å². The van der Waals surface area contributed by atoms with E-state index in [2.05, 4.69) is 31.9 Å². The molecule has 0 aromatic heterocycles. The number of carbonyl (C=O) groups is 2. The fraction of sp³-hybridized carbons (Fsp3) is 0.222. The van der Waals surface area contributed by atoms with Crippen molar-refractivity contribution in [2.45, 2.75) is 13.8 Å². The topological polar surface area (TPSA) is 52.6 Å². The molecule has 0 unspecified atom stereocenters. The molecule has 4 nitrogen and oxygen atoms in total. The van der Waals surface area contributed by atoms with Crippen LogP contribution in [0.4, 0.5) is 0 Å². The summed E-state index contributed by atoms with van der Waals surface area (Å²) >= 11 is 5.80. The Hall–Kier alpha value is -0.870. The van der Waals surface area contributed by atoms with E-state index in [9.17, 15) is 9.59 Å². The van der Waals surface area contributed by atoms with Crippen molar-refractivity contribution >= 4 is 71.9 Å². The van der Waals surface area contributed by atoms with Crippen molar-refractivity contribution in [1.82, 2.24) is 0 Å². The van der Waals surface area contributed by atoms with E-state index in [1.807, 2.05) is 24.3 Å². The zero-order valence-corrected chi connectivity index (χ0v) is 19.2. The Bertz CT molecular complexity index is 727. The van der Waals surface area contributed by atoms with Crippen molar-refractivity contribution in [1.29, 1.82) is 0 Å². The molecule has 0 aliphatic rings. The molecule has 0 fully saturated rings.